The van der Waals surface area contributed by atoms with Crippen molar-refractivity contribution in [3.63, 3.8) is 0 Å². The van der Waals surface area contributed by atoms with E-state index in [2.05, 4.69) is 38.1 Å². The molecule has 1 aromatic rings. The van der Waals surface area contributed by atoms with Crippen molar-refractivity contribution < 1.29 is 0 Å². The minimum Gasteiger partial charge on any atom is -0.285 e. The van der Waals surface area contributed by atoms with Crippen LogP contribution in [0.25, 0.3) is 0 Å². The number of fused-ring (bicyclic) bond motifs is 3. The summed E-state index contributed by atoms with van der Waals surface area (Å²) in [5.41, 5.74) is 4.63. The maximum atomic E-state index is 4.84. The lowest BCUT2D eigenvalue weighted by molar-refractivity contribution is 0.393. The number of rotatable bonds is 0. The molecule has 1 heterocycles. The summed E-state index contributed by atoms with van der Waals surface area (Å²) >= 11 is 0. The number of nitrogens with zero attached hydrogens (tertiary/aromatic N) is 1. The zero-order chi connectivity index (χ0) is 10.5. The highest BCUT2D eigenvalue weighted by Gasteiger charge is 2.41. The quantitative estimate of drug-likeness (QED) is 0.608. The van der Waals surface area contributed by atoms with E-state index in [1.807, 2.05) is 0 Å². The lowest BCUT2D eigenvalue weighted by Crippen LogP contribution is -2.30. The fourth-order valence-electron chi connectivity index (χ4n) is 3.17. The summed E-state index contributed by atoms with van der Waals surface area (Å²) in [6.07, 6.45) is 3.72. The number of hydrogen-bond acceptors (Lipinski definition) is 1. The maximum absolute atomic E-state index is 4.84. The Hall–Kier alpha value is -1.11. The molecule has 3 rings (SSSR count). The van der Waals surface area contributed by atoms with Gasteiger partial charge in [-0.3, -0.25) is 4.99 Å². The van der Waals surface area contributed by atoms with Gasteiger partial charge in [-0.2, -0.15) is 0 Å². The molecule has 1 nitrogen and oxygen atoms in total. The molecule has 0 amide bonds. The van der Waals surface area contributed by atoms with E-state index in [0.717, 1.165) is 0 Å². The Morgan fingerprint density at radius 3 is 3.00 bits per heavy atom. The van der Waals surface area contributed by atoms with Gasteiger partial charge in [0.25, 0.3) is 0 Å². The van der Waals surface area contributed by atoms with Crippen molar-refractivity contribution >= 4 is 5.71 Å². The van der Waals surface area contributed by atoms with Crippen LogP contribution in [0.4, 0.5) is 0 Å². The van der Waals surface area contributed by atoms with Crippen LogP contribution in [0.5, 0.6) is 0 Å². The average Bonchev–Trinajstić information content (AvgIpc) is 2.53. The van der Waals surface area contributed by atoms with E-state index >= 15 is 0 Å². The maximum Gasteiger partial charge on any atom is 0.0486 e. The summed E-state index contributed by atoms with van der Waals surface area (Å²) in [7, 11) is 0. The molecule has 0 saturated heterocycles. The molecule has 1 aliphatic heterocycles. The van der Waals surface area contributed by atoms with Gasteiger partial charge in [0.15, 0.2) is 0 Å². The molecule has 78 valence electrons. The van der Waals surface area contributed by atoms with Crippen LogP contribution in [0, 0.1) is 5.41 Å². The molecule has 0 aromatic heterocycles. The van der Waals surface area contributed by atoms with Crippen LogP contribution in [0.2, 0.25) is 0 Å². The predicted molar refractivity (Wildman–Crippen MR) is 63.5 cm³/mol. The molecule has 0 saturated carbocycles. The average molecular weight is 199 g/mol. The van der Waals surface area contributed by atoms with Crippen molar-refractivity contribution in [1.29, 1.82) is 0 Å². The summed E-state index contributed by atoms with van der Waals surface area (Å²) in [5, 5.41) is 0. The summed E-state index contributed by atoms with van der Waals surface area (Å²) in [6.45, 7) is 4.62. The van der Waals surface area contributed by atoms with E-state index in [4.69, 9.17) is 4.99 Å². The SMILES string of the molecule is CC1CC2(C)CCc3ccccc3C2=N1. The lowest BCUT2D eigenvalue weighted by atomic mass is 9.70. The van der Waals surface area contributed by atoms with E-state index in [1.54, 1.807) is 0 Å². The molecular weight excluding hydrogens is 182 g/mol. The fraction of sp³-hybridized carbons (Fsp3) is 0.500. The Morgan fingerprint density at radius 1 is 1.33 bits per heavy atom. The van der Waals surface area contributed by atoms with Crippen LogP contribution in [0.1, 0.15) is 37.8 Å². The third-order valence-electron chi connectivity index (χ3n) is 3.89. The number of hydrogen-bond donors (Lipinski definition) is 0. The second kappa shape index (κ2) is 2.94. The minimum atomic E-state index is 0.355. The smallest absolute Gasteiger partial charge is 0.0486 e. The summed E-state index contributed by atoms with van der Waals surface area (Å²) in [4.78, 5) is 4.84. The van der Waals surface area contributed by atoms with Crippen LogP contribution < -0.4 is 0 Å². The lowest BCUT2D eigenvalue weighted by Gasteiger charge is -2.32. The Bertz CT molecular complexity index is 433. The number of benzene rings is 1. The minimum absolute atomic E-state index is 0.355. The molecule has 2 unspecified atom stereocenters. The Labute approximate surface area is 91.2 Å². The summed E-state index contributed by atoms with van der Waals surface area (Å²) in [5.74, 6) is 0. The van der Waals surface area contributed by atoms with Gasteiger partial charge in [0, 0.05) is 17.2 Å². The molecular formula is C14H17N. The Kier molecular flexibility index (Phi) is 1.79. The van der Waals surface area contributed by atoms with Gasteiger partial charge in [-0.15, -0.1) is 0 Å². The molecule has 1 aromatic carbocycles. The van der Waals surface area contributed by atoms with Crippen molar-refractivity contribution in [2.75, 3.05) is 0 Å². The third-order valence-corrected chi connectivity index (χ3v) is 3.89. The molecule has 0 bridgehead atoms. The first-order chi connectivity index (χ1) is 7.19. The van der Waals surface area contributed by atoms with Crippen molar-refractivity contribution in [1.82, 2.24) is 0 Å². The van der Waals surface area contributed by atoms with Gasteiger partial charge >= 0.3 is 0 Å². The first-order valence-electron chi connectivity index (χ1n) is 5.86. The zero-order valence-electron chi connectivity index (χ0n) is 9.46. The molecule has 2 aliphatic rings. The second-order valence-corrected chi connectivity index (χ2v) is 5.25. The van der Waals surface area contributed by atoms with Gasteiger partial charge in [-0.25, -0.2) is 0 Å². The topological polar surface area (TPSA) is 12.4 Å². The van der Waals surface area contributed by atoms with Crippen molar-refractivity contribution in [3.05, 3.63) is 35.4 Å². The molecule has 1 aliphatic carbocycles. The van der Waals surface area contributed by atoms with Crippen LogP contribution >= 0.6 is 0 Å². The largest absolute Gasteiger partial charge is 0.285 e. The highest BCUT2D eigenvalue weighted by atomic mass is 14.9. The van der Waals surface area contributed by atoms with Crippen LogP contribution in [0.3, 0.4) is 0 Å². The molecule has 1 heteroatoms. The Balaban J connectivity index is 2.17. The highest BCUT2D eigenvalue weighted by molar-refractivity contribution is 6.07. The van der Waals surface area contributed by atoms with Crippen molar-refractivity contribution in [2.24, 2.45) is 10.4 Å². The van der Waals surface area contributed by atoms with Gasteiger partial charge in [0.05, 0.1) is 0 Å². The van der Waals surface area contributed by atoms with Crippen molar-refractivity contribution in [2.45, 2.75) is 39.2 Å². The highest BCUT2D eigenvalue weighted by Crippen LogP contribution is 2.43. The molecule has 0 radical (unpaired) electrons. The van der Waals surface area contributed by atoms with E-state index in [0.29, 0.717) is 11.5 Å². The summed E-state index contributed by atoms with van der Waals surface area (Å²) < 4.78 is 0. The van der Waals surface area contributed by atoms with Gasteiger partial charge in [0.1, 0.15) is 0 Å². The molecule has 0 fully saturated rings. The fourth-order valence-corrected chi connectivity index (χ4v) is 3.17. The Morgan fingerprint density at radius 2 is 2.13 bits per heavy atom. The van der Waals surface area contributed by atoms with E-state index < -0.39 is 0 Å². The van der Waals surface area contributed by atoms with Gasteiger partial charge in [0.2, 0.25) is 0 Å². The second-order valence-electron chi connectivity index (χ2n) is 5.25. The standard InChI is InChI=1S/C14H17N/c1-10-9-14(2)8-7-11-5-3-4-6-12(11)13(14)15-10/h3-6,10H,7-9H2,1-2H3. The monoisotopic (exact) mass is 199 g/mol. The predicted octanol–water partition coefficient (Wildman–Crippen LogP) is 3.22. The van der Waals surface area contributed by atoms with Gasteiger partial charge in [-0.05, 0) is 37.3 Å². The first-order valence-corrected chi connectivity index (χ1v) is 5.86. The van der Waals surface area contributed by atoms with E-state index in [9.17, 15) is 0 Å². The summed E-state index contributed by atoms with van der Waals surface area (Å²) in [6, 6.07) is 9.27. The first kappa shape index (κ1) is 9.14. The molecule has 0 spiro atoms. The van der Waals surface area contributed by atoms with Crippen LogP contribution in [-0.4, -0.2) is 11.8 Å². The normalized spacial score (nSPS) is 33.2. The zero-order valence-corrected chi connectivity index (χ0v) is 9.46. The third kappa shape index (κ3) is 1.26. The van der Waals surface area contributed by atoms with Gasteiger partial charge < -0.3 is 0 Å². The van der Waals surface area contributed by atoms with E-state index in [-0.39, 0.29) is 0 Å². The molecule has 0 N–H and O–H groups in total. The molecule has 15 heavy (non-hydrogen) atoms. The van der Waals surface area contributed by atoms with Gasteiger partial charge in [-0.1, -0.05) is 31.2 Å². The number of aliphatic imine (C=N–C) groups is 1. The van der Waals surface area contributed by atoms with Crippen LogP contribution in [-0.2, 0) is 6.42 Å². The molecule has 2 atom stereocenters. The van der Waals surface area contributed by atoms with Crippen molar-refractivity contribution in [3.8, 4) is 0 Å². The van der Waals surface area contributed by atoms with Crippen LogP contribution in [0.15, 0.2) is 29.3 Å². The number of aryl methyl sites for hydroxylation is 1. The van der Waals surface area contributed by atoms with E-state index in [1.165, 1.54) is 36.1 Å².